The largest absolute Gasteiger partial charge is 0.493 e. The van der Waals surface area contributed by atoms with Crippen LogP contribution in [0.25, 0.3) is 0 Å². The van der Waals surface area contributed by atoms with Crippen LogP contribution in [0.3, 0.4) is 0 Å². The van der Waals surface area contributed by atoms with Crippen LogP contribution in [0.4, 0.5) is 11.4 Å². The van der Waals surface area contributed by atoms with E-state index in [1.165, 1.54) is 26.4 Å². The molecule has 8 heteroatoms. The molecular weight excluding hydrogens is 380 g/mol. The van der Waals surface area contributed by atoms with Gasteiger partial charge in [0.15, 0.2) is 11.5 Å². The molecule has 1 aliphatic heterocycles. The first kappa shape index (κ1) is 20.3. The molecule has 1 aliphatic rings. The van der Waals surface area contributed by atoms with Crippen molar-refractivity contribution in [3.63, 3.8) is 0 Å². The highest BCUT2D eigenvalue weighted by Gasteiger charge is 2.20. The fourth-order valence-electron chi connectivity index (χ4n) is 3.29. The summed E-state index contributed by atoms with van der Waals surface area (Å²) in [4.78, 5) is 2.39. The van der Waals surface area contributed by atoms with Gasteiger partial charge in [0.1, 0.15) is 0 Å². The van der Waals surface area contributed by atoms with Gasteiger partial charge in [-0.1, -0.05) is 0 Å². The van der Waals surface area contributed by atoms with Crippen LogP contribution < -0.4 is 19.1 Å². The Morgan fingerprint density at radius 2 is 1.57 bits per heavy atom. The van der Waals surface area contributed by atoms with Crippen LogP contribution in [-0.4, -0.2) is 48.9 Å². The minimum Gasteiger partial charge on any atom is -0.493 e. The number of rotatable bonds is 7. The predicted octanol–water partition coefficient (Wildman–Crippen LogP) is 3.12. The molecule has 0 radical (unpaired) electrons. The first-order valence-electron chi connectivity index (χ1n) is 9.09. The number of methoxy groups -OCH3 is 3. The molecule has 2 aromatic carbocycles. The summed E-state index contributed by atoms with van der Waals surface area (Å²) >= 11 is 0. The highest BCUT2D eigenvalue weighted by Crippen LogP contribution is 2.30. The number of nitrogens with one attached hydrogen (secondary N) is 1. The van der Waals surface area contributed by atoms with Gasteiger partial charge in [0.25, 0.3) is 10.0 Å². The molecule has 7 nitrogen and oxygen atoms in total. The molecule has 1 N–H and O–H groups in total. The van der Waals surface area contributed by atoms with Crippen molar-refractivity contribution in [2.45, 2.75) is 23.8 Å². The number of hydrogen-bond donors (Lipinski definition) is 1. The Morgan fingerprint density at radius 3 is 2.14 bits per heavy atom. The topological polar surface area (TPSA) is 77.1 Å². The summed E-state index contributed by atoms with van der Waals surface area (Å²) in [5.41, 5.74) is 1.58. The minimum absolute atomic E-state index is 0.107. The van der Waals surface area contributed by atoms with Crippen molar-refractivity contribution in [3.8, 4) is 11.5 Å². The molecule has 152 valence electrons. The van der Waals surface area contributed by atoms with Gasteiger partial charge >= 0.3 is 0 Å². The van der Waals surface area contributed by atoms with Crippen LogP contribution in [-0.2, 0) is 14.8 Å². The molecule has 0 aliphatic carbocycles. The number of sulfonamides is 1. The molecule has 0 amide bonds. The SMILES string of the molecule is COc1ccc(S(=O)(=O)Nc2ccc(N3CCC(OC)CC3)cc2)cc1OC. The Balaban J connectivity index is 1.71. The first-order valence-corrected chi connectivity index (χ1v) is 10.6. The lowest BCUT2D eigenvalue weighted by Gasteiger charge is -2.33. The number of piperidine rings is 1. The molecule has 0 aromatic heterocycles. The molecule has 0 spiro atoms. The van der Waals surface area contributed by atoms with Crippen molar-refractivity contribution < 1.29 is 22.6 Å². The molecule has 3 rings (SSSR count). The van der Waals surface area contributed by atoms with Gasteiger partial charge in [-0.05, 0) is 49.2 Å². The number of hydrogen-bond acceptors (Lipinski definition) is 6. The zero-order chi connectivity index (χ0) is 20.1. The third-order valence-electron chi connectivity index (χ3n) is 4.93. The summed E-state index contributed by atoms with van der Waals surface area (Å²) in [6.45, 7) is 1.85. The molecule has 0 unspecified atom stereocenters. The predicted molar refractivity (Wildman–Crippen MR) is 109 cm³/mol. The summed E-state index contributed by atoms with van der Waals surface area (Å²) in [6, 6.07) is 11.9. The lowest BCUT2D eigenvalue weighted by atomic mass is 10.1. The monoisotopic (exact) mass is 406 g/mol. The van der Waals surface area contributed by atoms with E-state index in [-0.39, 0.29) is 4.90 Å². The van der Waals surface area contributed by atoms with E-state index in [1.807, 2.05) is 12.1 Å². The summed E-state index contributed by atoms with van der Waals surface area (Å²) in [5.74, 6) is 0.836. The Kier molecular flexibility index (Phi) is 6.31. The van der Waals surface area contributed by atoms with Crippen molar-refractivity contribution >= 4 is 21.4 Å². The van der Waals surface area contributed by atoms with Crippen molar-refractivity contribution in [2.24, 2.45) is 0 Å². The lowest BCUT2D eigenvalue weighted by molar-refractivity contribution is 0.0819. The van der Waals surface area contributed by atoms with Gasteiger partial charge in [0.2, 0.25) is 0 Å². The zero-order valence-corrected chi connectivity index (χ0v) is 17.2. The first-order chi connectivity index (χ1) is 13.5. The third kappa shape index (κ3) is 4.51. The molecule has 0 bridgehead atoms. The normalized spacial score (nSPS) is 15.3. The number of anilines is 2. The molecule has 0 atom stereocenters. The van der Waals surface area contributed by atoms with Crippen LogP contribution in [0.2, 0.25) is 0 Å². The molecule has 1 heterocycles. The summed E-state index contributed by atoms with van der Waals surface area (Å²) < 4.78 is 43.7. The quantitative estimate of drug-likeness (QED) is 0.761. The average Bonchev–Trinajstić information content (AvgIpc) is 2.73. The maximum Gasteiger partial charge on any atom is 0.262 e. The van der Waals surface area contributed by atoms with Gasteiger partial charge in [0, 0.05) is 37.6 Å². The molecule has 1 saturated heterocycles. The van der Waals surface area contributed by atoms with Gasteiger partial charge in [-0.2, -0.15) is 0 Å². The fourth-order valence-corrected chi connectivity index (χ4v) is 4.36. The Labute approximate surface area is 166 Å². The van der Waals surface area contributed by atoms with Crippen LogP contribution in [0.1, 0.15) is 12.8 Å². The molecule has 2 aromatic rings. The standard InChI is InChI=1S/C20H26N2O5S/c1-25-17-10-12-22(13-11-17)16-6-4-15(5-7-16)21-28(23,24)18-8-9-19(26-2)20(14-18)27-3/h4-9,14,17,21H,10-13H2,1-3H3. The Morgan fingerprint density at radius 1 is 0.929 bits per heavy atom. The minimum atomic E-state index is -3.73. The Hall–Kier alpha value is -2.45. The van der Waals surface area contributed by atoms with E-state index in [2.05, 4.69) is 9.62 Å². The highest BCUT2D eigenvalue weighted by atomic mass is 32.2. The maximum absolute atomic E-state index is 12.7. The fraction of sp³-hybridized carbons (Fsp3) is 0.400. The zero-order valence-electron chi connectivity index (χ0n) is 16.3. The smallest absolute Gasteiger partial charge is 0.262 e. The van der Waals surface area contributed by atoms with E-state index in [9.17, 15) is 8.42 Å². The van der Waals surface area contributed by atoms with E-state index in [0.29, 0.717) is 23.3 Å². The average molecular weight is 407 g/mol. The summed E-state index contributed by atoms with van der Waals surface area (Å²) in [6.07, 6.45) is 2.30. The van der Waals surface area contributed by atoms with E-state index in [4.69, 9.17) is 14.2 Å². The van der Waals surface area contributed by atoms with Crippen molar-refractivity contribution in [1.82, 2.24) is 0 Å². The number of nitrogens with zero attached hydrogens (tertiary/aromatic N) is 1. The second-order valence-electron chi connectivity index (χ2n) is 6.59. The highest BCUT2D eigenvalue weighted by molar-refractivity contribution is 7.92. The summed E-state index contributed by atoms with van der Waals surface area (Å²) in [5, 5.41) is 0. The number of ether oxygens (including phenoxy) is 3. The van der Waals surface area contributed by atoms with Gasteiger partial charge in [-0.3, -0.25) is 4.72 Å². The van der Waals surface area contributed by atoms with Gasteiger partial charge in [-0.15, -0.1) is 0 Å². The van der Waals surface area contributed by atoms with Crippen LogP contribution in [0.15, 0.2) is 47.4 Å². The maximum atomic E-state index is 12.7. The van der Waals surface area contributed by atoms with E-state index >= 15 is 0 Å². The molecule has 1 fully saturated rings. The molecular formula is C20H26N2O5S. The molecule has 28 heavy (non-hydrogen) atoms. The van der Waals surface area contributed by atoms with Crippen LogP contribution in [0, 0.1) is 0 Å². The third-order valence-corrected chi connectivity index (χ3v) is 6.30. The number of benzene rings is 2. The van der Waals surface area contributed by atoms with Gasteiger partial charge < -0.3 is 19.1 Å². The second kappa shape index (κ2) is 8.70. The van der Waals surface area contributed by atoms with Crippen molar-refractivity contribution in [3.05, 3.63) is 42.5 Å². The second-order valence-corrected chi connectivity index (χ2v) is 8.27. The van der Waals surface area contributed by atoms with Crippen LogP contribution >= 0.6 is 0 Å². The van der Waals surface area contributed by atoms with E-state index in [1.54, 1.807) is 25.3 Å². The van der Waals surface area contributed by atoms with E-state index < -0.39 is 10.0 Å². The molecule has 0 saturated carbocycles. The lowest BCUT2D eigenvalue weighted by Crippen LogP contribution is -2.36. The van der Waals surface area contributed by atoms with E-state index in [0.717, 1.165) is 31.6 Å². The van der Waals surface area contributed by atoms with Crippen LogP contribution in [0.5, 0.6) is 11.5 Å². The summed E-state index contributed by atoms with van der Waals surface area (Å²) in [7, 11) is 0.986. The van der Waals surface area contributed by atoms with Gasteiger partial charge in [-0.25, -0.2) is 8.42 Å². The van der Waals surface area contributed by atoms with Gasteiger partial charge in [0.05, 0.1) is 25.2 Å². The van der Waals surface area contributed by atoms with Crippen molar-refractivity contribution in [2.75, 3.05) is 44.0 Å². The Bertz CT molecular complexity index is 891. The van der Waals surface area contributed by atoms with Crippen molar-refractivity contribution in [1.29, 1.82) is 0 Å².